The van der Waals surface area contributed by atoms with Gasteiger partial charge in [-0.2, -0.15) is 5.26 Å². The Hall–Kier alpha value is -2.39. The van der Waals surface area contributed by atoms with Gasteiger partial charge in [0.05, 0.1) is 19.4 Å². The molecule has 2 aromatic rings. The maximum absolute atomic E-state index is 8.96. The molecular formula is C12H12N4O2. The van der Waals surface area contributed by atoms with Gasteiger partial charge in [0.2, 0.25) is 0 Å². The fraction of sp³-hybridized carbons (Fsp3) is 0.250. The van der Waals surface area contributed by atoms with Crippen LogP contribution in [0.5, 0.6) is 5.75 Å². The quantitative estimate of drug-likeness (QED) is 0.810. The largest absolute Gasteiger partial charge is 0.497 e. The van der Waals surface area contributed by atoms with Gasteiger partial charge in [-0.1, -0.05) is 11.3 Å². The summed E-state index contributed by atoms with van der Waals surface area (Å²) in [6.07, 6.45) is 0. The first kappa shape index (κ1) is 12.1. The van der Waals surface area contributed by atoms with E-state index in [1.165, 1.54) is 0 Å². The molecule has 1 aromatic carbocycles. The molecule has 0 aliphatic carbocycles. The molecule has 0 unspecified atom stereocenters. The first-order valence-electron chi connectivity index (χ1n) is 5.28. The summed E-state index contributed by atoms with van der Waals surface area (Å²) in [4.78, 5) is 0. The van der Waals surface area contributed by atoms with Crippen LogP contribution < -0.4 is 4.74 Å². The molecule has 0 aliphatic heterocycles. The van der Waals surface area contributed by atoms with E-state index in [9.17, 15) is 0 Å². The molecule has 0 aliphatic rings. The topological polar surface area (TPSA) is 73.0 Å². The Bertz CT molecular complexity index is 586. The number of nitriles is 1. The van der Waals surface area contributed by atoms with Gasteiger partial charge in [-0.3, -0.25) is 0 Å². The number of rotatable bonds is 4. The summed E-state index contributed by atoms with van der Waals surface area (Å²) in [5, 5.41) is 16.7. The SMILES string of the molecule is COCc1c(C#N)nnn1-c1cccc(OC)c1. The van der Waals surface area contributed by atoms with Crippen LogP contribution in [0.3, 0.4) is 0 Å². The van der Waals surface area contributed by atoms with Crippen molar-refractivity contribution < 1.29 is 9.47 Å². The molecule has 0 saturated heterocycles. The summed E-state index contributed by atoms with van der Waals surface area (Å²) in [5.41, 5.74) is 1.66. The zero-order valence-corrected chi connectivity index (χ0v) is 10.1. The minimum atomic E-state index is 0.264. The average Bonchev–Trinajstić information content (AvgIpc) is 2.82. The maximum atomic E-state index is 8.96. The molecule has 0 fully saturated rings. The molecule has 92 valence electrons. The average molecular weight is 244 g/mol. The van der Waals surface area contributed by atoms with Gasteiger partial charge in [0.1, 0.15) is 17.5 Å². The van der Waals surface area contributed by atoms with Crippen LogP contribution in [0.25, 0.3) is 5.69 Å². The van der Waals surface area contributed by atoms with Crippen LogP contribution in [0.2, 0.25) is 0 Å². The molecule has 2 rings (SSSR count). The van der Waals surface area contributed by atoms with Gasteiger partial charge in [0.25, 0.3) is 0 Å². The Morgan fingerprint density at radius 2 is 2.22 bits per heavy atom. The van der Waals surface area contributed by atoms with Crippen LogP contribution in [-0.4, -0.2) is 29.2 Å². The van der Waals surface area contributed by atoms with E-state index in [2.05, 4.69) is 10.3 Å². The van der Waals surface area contributed by atoms with Crippen LogP contribution in [0.1, 0.15) is 11.4 Å². The van der Waals surface area contributed by atoms with E-state index in [1.807, 2.05) is 30.3 Å². The summed E-state index contributed by atoms with van der Waals surface area (Å²) in [5.74, 6) is 0.713. The van der Waals surface area contributed by atoms with Gasteiger partial charge < -0.3 is 9.47 Å². The highest BCUT2D eigenvalue weighted by molar-refractivity contribution is 5.41. The van der Waals surface area contributed by atoms with Crippen molar-refractivity contribution in [1.82, 2.24) is 15.0 Å². The number of ether oxygens (including phenoxy) is 2. The Labute approximate surface area is 104 Å². The highest BCUT2D eigenvalue weighted by Crippen LogP contribution is 2.18. The molecule has 0 amide bonds. The third-order valence-corrected chi connectivity index (χ3v) is 2.45. The fourth-order valence-corrected chi connectivity index (χ4v) is 1.60. The number of aromatic nitrogens is 3. The molecule has 0 N–H and O–H groups in total. The van der Waals surface area contributed by atoms with E-state index in [0.29, 0.717) is 11.4 Å². The van der Waals surface area contributed by atoms with Crippen molar-refractivity contribution in [2.75, 3.05) is 14.2 Å². The van der Waals surface area contributed by atoms with E-state index >= 15 is 0 Å². The first-order chi connectivity index (χ1) is 8.80. The van der Waals surface area contributed by atoms with Crippen molar-refractivity contribution in [3.8, 4) is 17.5 Å². The minimum Gasteiger partial charge on any atom is -0.497 e. The van der Waals surface area contributed by atoms with E-state index in [0.717, 1.165) is 5.69 Å². The second-order valence-electron chi connectivity index (χ2n) is 3.54. The van der Waals surface area contributed by atoms with Gasteiger partial charge in [-0.05, 0) is 12.1 Å². The Kier molecular flexibility index (Phi) is 3.55. The second-order valence-corrected chi connectivity index (χ2v) is 3.54. The van der Waals surface area contributed by atoms with Crippen molar-refractivity contribution in [3.05, 3.63) is 35.7 Å². The molecular weight excluding hydrogens is 232 g/mol. The molecule has 0 atom stereocenters. The van der Waals surface area contributed by atoms with E-state index < -0.39 is 0 Å². The van der Waals surface area contributed by atoms with E-state index in [-0.39, 0.29) is 12.3 Å². The Morgan fingerprint density at radius 1 is 1.39 bits per heavy atom. The number of nitrogens with zero attached hydrogens (tertiary/aromatic N) is 4. The molecule has 1 heterocycles. The van der Waals surface area contributed by atoms with Crippen molar-refractivity contribution >= 4 is 0 Å². The monoisotopic (exact) mass is 244 g/mol. The molecule has 1 aromatic heterocycles. The van der Waals surface area contributed by atoms with Gasteiger partial charge >= 0.3 is 0 Å². The van der Waals surface area contributed by atoms with E-state index in [4.69, 9.17) is 14.7 Å². The van der Waals surface area contributed by atoms with Crippen molar-refractivity contribution in [3.63, 3.8) is 0 Å². The van der Waals surface area contributed by atoms with Crippen molar-refractivity contribution in [2.45, 2.75) is 6.61 Å². The Balaban J connectivity index is 2.49. The smallest absolute Gasteiger partial charge is 0.188 e. The maximum Gasteiger partial charge on any atom is 0.188 e. The molecule has 18 heavy (non-hydrogen) atoms. The summed E-state index contributed by atoms with van der Waals surface area (Å²) >= 11 is 0. The van der Waals surface area contributed by atoms with Crippen molar-refractivity contribution in [2.24, 2.45) is 0 Å². The van der Waals surface area contributed by atoms with Gasteiger partial charge in [-0.25, -0.2) is 4.68 Å². The highest BCUT2D eigenvalue weighted by atomic mass is 16.5. The lowest BCUT2D eigenvalue weighted by Crippen LogP contribution is -2.04. The fourth-order valence-electron chi connectivity index (χ4n) is 1.60. The molecule has 0 saturated carbocycles. The minimum absolute atomic E-state index is 0.264. The molecule has 6 nitrogen and oxygen atoms in total. The molecule has 0 radical (unpaired) electrons. The lowest BCUT2D eigenvalue weighted by Gasteiger charge is -2.07. The van der Waals surface area contributed by atoms with Gasteiger partial charge in [0.15, 0.2) is 5.69 Å². The third kappa shape index (κ3) is 2.17. The number of methoxy groups -OCH3 is 2. The standard InChI is InChI=1S/C12H12N4O2/c1-17-8-12-11(7-13)14-15-16(12)9-4-3-5-10(6-9)18-2/h3-6H,8H2,1-2H3. The highest BCUT2D eigenvalue weighted by Gasteiger charge is 2.13. The predicted octanol–water partition coefficient (Wildman–Crippen LogP) is 1.29. The summed E-state index contributed by atoms with van der Waals surface area (Å²) in [6.45, 7) is 0.271. The summed E-state index contributed by atoms with van der Waals surface area (Å²) in [7, 11) is 3.15. The third-order valence-electron chi connectivity index (χ3n) is 2.45. The normalized spacial score (nSPS) is 10.1. The van der Waals surface area contributed by atoms with Crippen LogP contribution in [0, 0.1) is 11.3 Å². The zero-order valence-electron chi connectivity index (χ0n) is 10.1. The predicted molar refractivity (Wildman–Crippen MR) is 63.3 cm³/mol. The first-order valence-corrected chi connectivity index (χ1v) is 5.28. The Morgan fingerprint density at radius 3 is 2.89 bits per heavy atom. The lowest BCUT2D eigenvalue weighted by atomic mass is 10.3. The number of hydrogen-bond acceptors (Lipinski definition) is 5. The second kappa shape index (κ2) is 5.29. The molecule has 0 spiro atoms. The van der Waals surface area contributed by atoms with Crippen LogP contribution in [0.4, 0.5) is 0 Å². The number of hydrogen-bond donors (Lipinski definition) is 0. The van der Waals surface area contributed by atoms with E-state index in [1.54, 1.807) is 18.9 Å². The van der Waals surface area contributed by atoms with Crippen molar-refractivity contribution in [1.29, 1.82) is 5.26 Å². The zero-order chi connectivity index (χ0) is 13.0. The van der Waals surface area contributed by atoms with Gasteiger partial charge in [-0.15, -0.1) is 5.10 Å². The van der Waals surface area contributed by atoms with Gasteiger partial charge in [0, 0.05) is 13.2 Å². The van der Waals surface area contributed by atoms with Crippen LogP contribution in [-0.2, 0) is 11.3 Å². The summed E-state index contributed by atoms with van der Waals surface area (Å²) in [6, 6.07) is 9.35. The molecule has 6 heteroatoms. The number of benzene rings is 1. The van der Waals surface area contributed by atoms with Crippen LogP contribution >= 0.6 is 0 Å². The summed E-state index contributed by atoms with van der Waals surface area (Å²) < 4.78 is 11.8. The van der Waals surface area contributed by atoms with Crippen LogP contribution in [0.15, 0.2) is 24.3 Å². The lowest BCUT2D eigenvalue weighted by molar-refractivity contribution is 0.179. The molecule has 0 bridgehead atoms.